The lowest BCUT2D eigenvalue weighted by Gasteiger charge is -2.02. The van der Waals surface area contributed by atoms with Crippen LogP contribution in [-0.4, -0.2) is 10.5 Å². The van der Waals surface area contributed by atoms with Crippen molar-refractivity contribution in [1.29, 1.82) is 5.41 Å². The molecule has 0 aliphatic rings. The Labute approximate surface area is 113 Å². The van der Waals surface area contributed by atoms with Gasteiger partial charge in [0.05, 0.1) is 12.5 Å². The molecular formula is C12H10ClN2O2S-. The van der Waals surface area contributed by atoms with Crippen molar-refractivity contribution in [3.05, 3.63) is 50.7 Å². The van der Waals surface area contributed by atoms with Crippen molar-refractivity contribution in [2.24, 2.45) is 0 Å². The molecule has 1 aromatic carbocycles. The normalized spacial score (nSPS) is 10.5. The molecule has 0 unspecified atom stereocenters. The van der Waals surface area contributed by atoms with Gasteiger partial charge in [0.25, 0.3) is 0 Å². The summed E-state index contributed by atoms with van der Waals surface area (Å²) in [5, 5.41) is 18.8. The van der Waals surface area contributed by atoms with Crippen molar-refractivity contribution >= 4 is 28.9 Å². The summed E-state index contributed by atoms with van der Waals surface area (Å²) < 4.78 is 1.37. The van der Waals surface area contributed by atoms with Gasteiger partial charge in [0.15, 0.2) is 4.80 Å². The highest BCUT2D eigenvalue weighted by molar-refractivity contribution is 7.09. The first-order valence-corrected chi connectivity index (χ1v) is 6.42. The first-order chi connectivity index (χ1) is 8.54. The average Bonchev–Trinajstić information content (AvgIpc) is 2.62. The molecule has 4 nitrogen and oxygen atoms in total. The number of hydrogen-bond acceptors (Lipinski definition) is 4. The Balaban J connectivity index is 2.17. The molecule has 0 atom stereocenters. The van der Waals surface area contributed by atoms with Crippen LogP contribution in [0, 0.1) is 5.41 Å². The van der Waals surface area contributed by atoms with Gasteiger partial charge in [-0.25, -0.2) is 0 Å². The molecule has 0 aliphatic carbocycles. The maximum Gasteiger partial charge on any atom is 0.182 e. The van der Waals surface area contributed by atoms with Crippen molar-refractivity contribution in [3.8, 4) is 0 Å². The van der Waals surface area contributed by atoms with Crippen LogP contribution in [0.2, 0.25) is 5.02 Å². The third kappa shape index (κ3) is 3.21. The van der Waals surface area contributed by atoms with Gasteiger partial charge in [-0.3, -0.25) is 5.41 Å². The first-order valence-electron chi connectivity index (χ1n) is 5.22. The minimum Gasteiger partial charge on any atom is -0.548 e. The standard InChI is InChI=1S/C12H11ClN2O2S/c13-9-3-1-8(2-4-9)5-10-6-15(7-11(16)17)12(14)18-10/h1-4,6,14H,5,7H2,(H,16,17)/p-1. The molecule has 6 heteroatoms. The fourth-order valence-electron chi connectivity index (χ4n) is 1.58. The van der Waals surface area contributed by atoms with Crippen molar-refractivity contribution in [2.75, 3.05) is 0 Å². The Morgan fingerprint density at radius 1 is 1.39 bits per heavy atom. The zero-order valence-electron chi connectivity index (χ0n) is 9.35. The lowest BCUT2D eigenvalue weighted by atomic mass is 10.1. The fraction of sp³-hybridized carbons (Fsp3) is 0.167. The average molecular weight is 282 g/mol. The molecule has 1 aromatic heterocycles. The van der Waals surface area contributed by atoms with E-state index in [2.05, 4.69) is 0 Å². The summed E-state index contributed by atoms with van der Waals surface area (Å²) in [6.45, 7) is -0.282. The van der Waals surface area contributed by atoms with Crippen LogP contribution in [-0.2, 0) is 17.8 Å². The summed E-state index contributed by atoms with van der Waals surface area (Å²) in [5.74, 6) is -1.19. The van der Waals surface area contributed by atoms with E-state index in [1.165, 1.54) is 15.9 Å². The van der Waals surface area contributed by atoms with Gasteiger partial charge < -0.3 is 14.5 Å². The van der Waals surface area contributed by atoms with E-state index >= 15 is 0 Å². The van der Waals surface area contributed by atoms with Crippen molar-refractivity contribution in [2.45, 2.75) is 13.0 Å². The Morgan fingerprint density at radius 2 is 2.06 bits per heavy atom. The number of halogens is 1. The van der Waals surface area contributed by atoms with Crippen molar-refractivity contribution in [1.82, 2.24) is 4.57 Å². The molecular weight excluding hydrogens is 272 g/mol. The van der Waals surface area contributed by atoms with Crippen molar-refractivity contribution in [3.63, 3.8) is 0 Å². The SMILES string of the molecule is N=c1sc(Cc2ccc(Cl)cc2)cn1CC(=O)[O-]. The second kappa shape index (κ2) is 5.37. The fourth-order valence-corrected chi connectivity index (χ4v) is 2.61. The Morgan fingerprint density at radius 3 is 2.67 bits per heavy atom. The molecule has 0 saturated carbocycles. The number of carbonyl (C=O) groups is 1. The number of carboxylic acids is 1. The van der Waals surface area contributed by atoms with Gasteiger partial charge in [-0.05, 0) is 17.7 Å². The second-order valence-electron chi connectivity index (χ2n) is 3.81. The number of rotatable bonds is 4. The summed E-state index contributed by atoms with van der Waals surface area (Å²) in [4.78, 5) is 11.6. The lowest BCUT2D eigenvalue weighted by Crippen LogP contribution is -2.30. The van der Waals surface area contributed by atoms with Crippen LogP contribution in [0.1, 0.15) is 10.4 Å². The Bertz CT molecular complexity index is 616. The van der Waals surface area contributed by atoms with Gasteiger partial charge in [0.1, 0.15) is 0 Å². The zero-order chi connectivity index (χ0) is 13.1. The summed E-state index contributed by atoms with van der Waals surface area (Å²) in [7, 11) is 0. The van der Waals surface area contributed by atoms with Gasteiger partial charge in [-0.1, -0.05) is 23.7 Å². The van der Waals surface area contributed by atoms with Crippen LogP contribution in [0.5, 0.6) is 0 Å². The number of thiazole rings is 1. The molecule has 2 aromatic rings. The largest absolute Gasteiger partial charge is 0.548 e. The highest BCUT2D eigenvalue weighted by Gasteiger charge is 2.03. The van der Waals surface area contributed by atoms with Crippen LogP contribution >= 0.6 is 22.9 Å². The molecule has 0 fully saturated rings. The molecule has 0 bridgehead atoms. The van der Waals surface area contributed by atoms with E-state index in [4.69, 9.17) is 17.0 Å². The lowest BCUT2D eigenvalue weighted by molar-refractivity contribution is -0.306. The molecule has 94 valence electrons. The maximum atomic E-state index is 10.5. The van der Waals surface area contributed by atoms with Crippen LogP contribution in [0.15, 0.2) is 30.5 Å². The third-order valence-electron chi connectivity index (χ3n) is 2.38. The molecule has 1 heterocycles. The number of aliphatic carboxylic acids is 1. The molecule has 18 heavy (non-hydrogen) atoms. The van der Waals surface area contributed by atoms with Gasteiger partial charge >= 0.3 is 0 Å². The Hall–Kier alpha value is -1.59. The number of carbonyl (C=O) groups excluding carboxylic acids is 1. The molecule has 0 aliphatic heterocycles. The number of carboxylic acid groups (broad SMARTS) is 1. The summed E-state index contributed by atoms with van der Waals surface area (Å²) in [6, 6.07) is 7.44. The van der Waals surface area contributed by atoms with Gasteiger partial charge in [-0.15, -0.1) is 11.3 Å². The second-order valence-corrected chi connectivity index (χ2v) is 5.36. The third-order valence-corrected chi connectivity index (χ3v) is 3.57. The van der Waals surface area contributed by atoms with E-state index in [1.807, 2.05) is 12.1 Å². The van der Waals surface area contributed by atoms with Crippen LogP contribution < -0.4 is 9.91 Å². The van der Waals surface area contributed by atoms with E-state index in [-0.39, 0.29) is 11.3 Å². The Kier molecular flexibility index (Phi) is 3.84. The van der Waals surface area contributed by atoms with E-state index in [1.54, 1.807) is 18.3 Å². The molecule has 2 rings (SSSR count). The van der Waals surface area contributed by atoms with Gasteiger partial charge in [-0.2, -0.15) is 0 Å². The zero-order valence-corrected chi connectivity index (χ0v) is 10.9. The molecule has 0 amide bonds. The van der Waals surface area contributed by atoms with E-state index in [0.29, 0.717) is 11.4 Å². The van der Waals surface area contributed by atoms with Crippen LogP contribution in [0.4, 0.5) is 0 Å². The number of hydrogen-bond donors (Lipinski definition) is 1. The predicted octanol–water partition coefficient (Wildman–Crippen LogP) is 1.02. The molecule has 0 spiro atoms. The van der Waals surface area contributed by atoms with Crippen LogP contribution in [0.3, 0.4) is 0 Å². The highest BCUT2D eigenvalue weighted by Crippen LogP contribution is 2.15. The summed E-state index contributed by atoms with van der Waals surface area (Å²) in [6.07, 6.45) is 2.34. The monoisotopic (exact) mass is 281 g/mol. The minimum absolute atomic E-state index is 0.211. The number of benzene rings is 1. The number of nitrogens with zero attached hydrogens (tertiary/aromatic N) is 1. The van der Waals surface area contributed by atoms with Crippen LogP contribution in [0.25, 0.3) is 0 Å². The number of aromatic nitrogens is 1. The molecule has 1 N–H and O–H groups in total. The van der Waals surface area contributed by atoms with E-state index in [0.717, 1.165) is 10.4 Å². The topological polar surface area (TPSA) is 68.9 Å². The maximum absolute atomic E-state index is 10.5. The molecule has 0 radical (unpaired) electrons. The minimum atomic E-state index is -1.19. The predicted molar refractivity (Wildman–Crippen MR) is 67.4 cm³/mol. The van der Waals surface area contributed by atoms with Gasteiger partial charge in [0, 0.05) is 22.5 Å². The summed E-state index contributed by atoms with van der Waals surface area (Å²) in [5.41, 5.74) is 1.07. The smallest absolute Gasteiger partial charge is 0.182 e. The van der Waals surface area contributed by atoms with E-state index < -0.39 is 5.97 Å². The number of nitrogens with one attached hydrogen (secondary N) is 1. The quantitative estimate of drug-likeness (QED) is 0.909. The molecule has 0 saturated heterocycles. The first kappa shape index (κ1) is 12.9. The van der Waals surface area contributed by atoms with Gasteiger partial charge in [0.2, 0.25) is 0 Å². The van der Waals surface area contributed by atoms with Crippen molar-refractivity contribution < 1.29 is 9.90 Å². The highest BCUT2D eigenvalue weighted by atomic mass is 35.5. The van der Waals surface area contributed by atoms with E-state index in [9.17, 15) is 9.90 Å². The summed E-state index contributed by atoms with van der Waals surface area (Å²) >= 11 is 7.06.